The molecule has 0 fully saturated rings. The van der Waals surface area contributed by atoms with Gasteiger partial charge < -0.3 is 14.2 Å². The minimum Gasteiger partial charge on any atom is -0.454 e. The van der Waals surface area contributed by atoms with Gasteiger partial charge in [-0.25, -0.2) is 23.3 Å². The van der Waals surface area contributed by atoms with Crippen LogP contribution in [-0.2, 0) is 6.54 Å². The first kappa shape index (κ1) is 16.3. The quantitative estimate of drug-likeness (QED) is 0.541. The van der Waals surface area contributed by atoms with Gasteiger partial charge >= 0.3 is 5.69 Å². The molecule has 0 amide bonds. The number of nitrogens with zero attached hydrogens (tertiary/aromatic N) is 4. The molecule has 3 heterocycles. The highest BCUT2D eigenvalue weighted by Gasteiger charge is 2.16. The molecule has 0 saturated carbocycles. The van der Waals surface area contributed by atoms with Gasteiger partial charge in [-0.1, -0.05) is 6.07 Å². The third-order valence-corrected chi connectivity index (χ3v) is 4.27. The third-order valence-electron chi connectivity index (χ3n) is 4.27. The Balaban J connectivity index is 1.50. The van der Waals surface area contributed by atoms with Crippen molar-refractivity contribution in [3.63, 3.8) is 0 Å². The molecule has 2 aromatic heterocycles. The number of ether oxygens (including phenoxy) is 3. The zero-order chi connectivity index (χ0) is 19.1. The van der Waals surface area contributed by atoms with E-state index in [1.54, 1.807) is 6.07 Å². The summed E-state index contributed by atoms with van der Waals surface area (Å²) in [5, 5.41) is 4.35. The number of hydrogen-bond donors (Lipinski definition) is 0. The molecule has 0 spiro atoms. The van der Waals surface area contributed by atoms with Gasteiger partial charge in [0.25, 0.3) is 5.88 Å². The molecule has 1 aliphatic rings. The molecule has 0 unspecified atom stereocenters. The summed E-state index contributed by atoms with van der Waals surface area (Å²) in [6.07, 6.45) is 2.96. The first-order valence-corrected chi connectivity index (χ1v) is 8.43. The molecule has 5 rings (SSSR count). The van der Waals surface area contributed by atoms with Gasteiger partial charge in [0.15, 0.2) is 11.5 Å². The molecule has 0 atom stereocenters. The molecule has 0 radical (unpaired) electrons. The average Bonchev–Trinajstić information content (AvgIpc) is 3.29. The Morgan fingerprint density at radius 3 is 2.79 bits per heavy atom. The summed E-state index contributed by atoms with van der Waals surface area (Å²) in [5.41, 5.74) is 0.764. The minimum absolute atomic E-state index is 0.149. The minimum atomic E-state index is -0.372. The number of fused-ring (bicyclic) bond motifs is 2. The summed E-state index contributed by atoms with van der Waals surface area (Å²) in [5.74, 6) is 1.47. The van der Waals surface area contributed by atoms with Gasteiger partial charge in [-0.15, -0.1) is 5.10 Å². The molecule has 0 bridgehead atoms. The molecule has 9 heteroatoms. The van der Waals surface area contributed by atoms with Crippen LogP contribution >= 0.6 is 0 Å². The summed E-state index contributed by atoms with van der Waals surface area (Å²) >= 11 is 0. The van der Waals surface area contributed by atoms with E-state index in [4.69, 9.17) is 14.2 Å². The lowest BCUT2D eigenvalue weighted by Gasteiger charge is -2.04. The Hall–Kier alpha value is -3.88. The Kier molecular flexibility index (Phi) is 3.71. The molecular formula is C19H13FN4O4. The van der Waals surface area contributed by atoms with Gasteiger partial charge in [-0.05, 0) is 42.0 Å². The van der Waals surface area contributed by atoms with E-state index >= 15 is 0 Å². The van der Waals surface area contributed by atoms with Crippen molar-refractivity contribution in [3.8, 4) is 23.1 Å². The van der Waals surface area contributed by atoms with Crippen molar-refractivity contribution in [2.45, 2.75) is 6.54 Å². The van der Waals surface area contributed by atoms with Crippen molar-refractivity contribution < 1.29 is 18.6 Å². The topological polar surface area (TPSA) is 79.9 Å². The van der Waals surface area contributed by atoms with Gasteiger partial charge in [0.1, 0.15) is 11.6 Å². The molecule has 28 heavy (non-hydrogen) atoms. The van der Waals surface area contributed by atoms with Gasteiger partial charge in [0.05, 0.1) is 6.54 Å². The lowest BCUT2D eigenvalue weighted by Crippen LogP contribution is -2.21. The van der Waals surface area contributed by atoms with Crippen LogP contribution in [0, 0.1) is 5.82 Å². The van der Waals surface area contributed by atoms with E-state index in [0.717, 1.165) is 5.56 Å². The van der Waals surface area contributed by atoms with Crippen LogP contribution in [0.5, 0.6) is 23.1 Å². The monoisotopic (exact) mass is 380 g/mol. The Morgan fingerprint density at radius 1 is 1.11 bits per heavy atom. The summed E-state index contributed by atoms with van der Waals surface area (Å²) in [4.78, 5) is 16.8. The fraction of sp³-hybridized carbons (Fsp3) is 0.105. The maximum atomic E-state index is 13.1. The molecule has 2 aromatic carbocycles. The van der Waals surface area contributed by atoms with E-state index in [0.29, 0.717) is 17.2 Å². The van der Waals surface area contributed by atoms with Gasteiger partial charge in [-0.3, -0.25) is 0 Å². The Bertz CT molecular complexity index is 1230. The van der Waals surface area contributed by atoms with Crippen LogP contribution in [0.4, 0.5) is 4.39 Å². The fourth-order valence-corrected chi connectivity index (χ4v) is 2.93. The predicted octanol–water partition coefficient (Wildman–Crippen LogP) is 2.60. The van der Waals surface area contributed by atoms with E-state index in [2.05, 4.69) is 10.1 Å². The van der Waals surface area contributed by atoms with Crippen LogP contribution in [0.1, 0.15) is 5.56 Å². The Morgan fingerprint density at radius 2 is 1.93 bits per heavy atom. The second-order valence-corrected chi connectivity index (χ2v) is 6.11. The molecule has 1 aliphatic heterocycles. The van der Waals surface area contributed by atoms with Crippen molar-refractivity contribution in [3.05, 3.63) is 76.7 Å². The largest absolute Gasteiger partial charge is 0.454 e. The van der Waals surface area contributed by atoms with E-state index in [-0.39, 0.29) is 36.4 Å². The van der Waals surface area contributed by atoms with E-state index in [1.807, 2.05) is 12.1 Å². The van der Waals surface area contributed by atoms with Crippen molar-refractivity contribution >= 4 is 5.65 Å². The smallest absolute Gasteiger partial charge is 0.350 e. The van der Waals surface area contributed by atoms with E-state index < -0.39 is 0 Å². The SMILES string of the molecule is O=c1n(Cc2ccc3c(c2)OCO3)nc2c(Oc3ccc(F)cc3)nccn12. The first-order valence-electron chi connectivity index (χ1n) is 8.43. The predicted molar refractivity (Wildman–Crippen MR) is 95.4 cm³/mol. The summed E-state index contributed by atoms with van der Waals surface area (Å²) in [6.45, 7) is 0.427. The zero-order valence-corrected chi connectivity index (χ0v) is 14.4. The van der Waals surface area contributed by atoms with E-state index in [1.165, 1.54) is 45.7 Å². The van der Waals surface area contributed by atoms with Crippen molar-refractivity contribution in [1.82, 2.24) is 19.2 Å². The molecule has 140 valence electrons. The van der Waals surface area contributed by atoms with Crippen molar-refractivity contribution in [2.75, 3.05) is 6.79 Å². The highest BCUT2D eigenvalue weighted by atomic mass is 19.1. The van der Waals surface area contributed by atoms with Gasteiger partial charge in [0.2, 0.25) is 12.4 Å². The second kappa shape index (κ2) is 6.38. The molecule has 0 aliphatic carbocycles. The molecular weight excluding hydrogens is 367 g/mol. The van der Waals surface area contributed by atoms with Gasteiger partial charge in [0, 0.05) is 12.4 Å². The summed E-state index contributed by atoms with van der Waals surface area (Å²) in [6, 6.07) is 11.0. The second-order valence-electron chi connectivity index (χ2n) is 6.11. The Labute approximate surface area is 157 Å². The van der Waals surface area contributed by atoms with Crippen molar-refractivity contribution in [1.29, 1.82) is 0 Å². The van der Waals surface area contributed by atoms with Crippen LogP contribution < -0.4 is 19.9 Å². The lowest BCUT2D eigenvalue weighted by atomic mass is 10.2. The number of rotatable bonds is 4. The maximum absolute atomic E-state index is 13.1. The average molecular weight is 380 g/mol. The van der Waals surface area contributed by atoms with Crippen LogP contribution in [0.3, 0.4) is 0 Å². The molecule has 0 saturated heterocycles. The molecule has 4 aromatic rings. The zero-order valence-electron chi connectivity index (χ0n) is 14.4. The highest BCUT2D eigenvalue weighted by Crippen LogP contribution is 2.32. The van der Waals surface area contributed by atoms with E-state index in [9.17, 15) is 9.18 Å². The van der Waals surface area contributed by atoms with Gasteiger partial charge in [-0.2, -0.15) is 0 Å². The fourth-order valence-electron chi connectivity index (χ4n) is 2.93. The lowest BCUT2D eigenvalue weighted by molar-refractivity contribution is 0.174. The first-order chi connectivity index (χ1) is 13.7. The standard InChI is InChI=1S/C19H13FN4O4/c20-13-2-4-14(5-3-13)28-18-17-22-24(19(25)23(17)8-7-21-18)10-12-1-6-15-16(9-12)27-11-26-15/h1-9H,10-11H2. The van der Waals surface area contributed by atoms with Crippen molar-refractivity contribution in [2.24, 2.45) is 0 Å². The molecule has 0 N–H and O–H groups in total. The molecule has 8 nitrogen and oxygen atoms in total. The number of hydrogen-bond acceptors (Lipinski definition) is 6. The van der Waals surface area contributed by atoms with Crippen LogP contribution in [-0.4, -0.2) is 26.0 Å². The number of halogens is 1. The van der Waals surface area contributed by atoms with Crippen LogP contribution in [0.2, 0.25) is 0 Å². The highest BCUT2D eigenvalue weighted by molar-refractivity contribution is 5.49. The number of benzene rings is 2. The number of aromatic nitrogens is 4. The maximum Gasteiger partial charge on any atom is 0.350 e. The summed E-state index contributed by atoms with van der Waals surface area (Å²) in [7, 11) is 0. The summed E-state index contributed by atoms with van der Waals surface area (Å²) < 4.78 is 32.1. The normalized spacial score (nSPS) is 12.5. The van der Waals surface area contributed by atoms with Crippen LogP contribution in [0.25, 0.3) is 5.65 Å². The van der Waals surface area contributed by atoms with Crippen LogP contribution in [0.15, 0.2) is 59.7 Å². The third kappa shape index (κ3) is 2.82.